The molecule has 0 atom stereocenters. The van der Waals surface area contributed by atoms with Gasteiger partial charge in [0.25, 0.3) is 0 Å². The van der Waals surface area contributed by atoms with Crippen LogP contribution in [0.15, 0.2) is 24.3 Å². The molecule has 1 aromatic rings. The van der Waals surface area contributed by atoms with Crippen molar-refractivity contribution in [3.63, 3.8) is 0 Å². The van der Waals surface area contributed by atoms with Crippen molar-refractivity contribution in [1.29, 1.82) is 0 Å². The van der Waals surface area contributed by atoms with E-state index in [4.69, 9.17) is 11.6 Å². The third-order valence-corrected chi connectivity index (χ3v) is 6.11. The molecule has 1 aromatic carbocycles. The number of hydrogen-bond acceptors (Lipinski definition) is 3. The molecular formula is C16H26Cl2N2O2S. The lowest BCUT2D eigenvalue weighted by molar-refractivity contribution is 0.180. The Hall–Kier alpha value is -0.330. The van der Waals surface area contributed by atoms with Crippen molar-refractivity contribution >= 4 is 34.0 Å². The monoisotopic (exact) mass is 380 g/mol. The van der Waals surface area contributed by atoms with Crippen LogP contribution < -0.4 is 0 Å². The van der Waals surface area contributed by atoms with E-state index in [1.54, 1.807) is 28.6 Å². The molecule has 0 amide bonds. The Kier molecular flexibility index (Phi) is 8.31. The Morgan fingerprint density at radius 3 is 2.17 bits per heavy atom. The normalized spacial score (nSPS) is 17.2. The number of hydrogen-bond donors (Lipinski definition) is 0. The van der Waals surface area contributed by atoms with Gasteiger partial charge in [0.2, 0.25) is 10.0 Å². The van der Waals surface area contributed by atoms with Crippen LogP contribution in [0.5, 0.6) is 0 Å². The van der Waals surface area contributed by atoms with Crippen LogP contribution in [-0.2, 0) is 15.8 Å². The van der Waals surface area contributed by atoms with Crippen molar-refractivity contribution in [3.05, 3.63) is 34.9 Å². The Labute approximate surface area is 151 Å². The zero-order valence-corrected chi connectivity index (χ0v) is 16.1. The third kappa shape index (κ3) is 6.59. The number of piperazine rings is 1. The second kappa shape index (κ2) is 9.23. The highest BCUT2D eigenvalue weighted by atomic mass is 35.5. The molecule has 0 N–H and O–H groups in total. The first-order chi connectivity index (χ1) is 10.4. The maximum atomic E-state index is 12.5. The summed E-state index contributed by atoms with van der Waals surface area (Å²) in [4.78, 5) is 2.36. The summed E-state index contributed by atoms with van der Waals surface area (Å²) in [7, 11) is -3.24. The van der Waals surface area contributed by atoms with Gasteiger partial charge in [-0.25, -0.2) is 8.42 Å². The maximum Gasteiger partial charge on any atom is 0.218 e. The van der Waals surface area contributed by atoms with Gasteiger partial charge < -0.3 is 4.90 Å². The van der Waals surface area contributed by atoms with Crippen molar-refractivity contribution in [2.24, 2.45) is 5.92 Å². The van der Waals surface area contributed by atoms with Crippen LogP contribution in [0.1, 0.15) is 25.8 Å². The molecule has 1 fully saturated rings. The number of rotatable bonds is 6. The quantitative estimate of drug-likeness (QED) is 0.760. The van der Waals surface area contributed by atoms with Gasteiger partial charge in [0, 0.05) is 31.2 Å². The predicted octanol–water partition coefficient (Wildman–Crippen LogP) is 3.26. The molecule has 0 saturated carbocycles. The van der Waals surface area contributed by atoms with Gasteiger partial charge in [0.05, 0.1) is 5.75 Å². The summed E-state index contributed by atoms with van der Waals surface area (Å²) in [6.45, 7) is 8.32. The zero-order chi connectivity index (χ0) is 16.2. The van der Waals surface area contributed by atoms with E-state index in [9.17, 15) is 8.42 Å². The van der Waals surface area contributed by atoms with Crippen molar-refractivity contribution in [2.45, 2.75) is 26.0 Å². The van der Waals surface area contributed by atoms with Crippen LogP contribution in [0.4, 0.5) is 0 Å². The van der Waals surface area contributed by atoms with Gasteiger partial charge in [-0.05, 0) is 36.6 Å². The molecular weight excluding hydrogens is 355 g/mol. The highest BCUT2D eigenvalue weighted by Crippen LogP contribution is 2.16. The van der Waals surface area contributed by atoms with Crippen LogP contribution in [0, 0.1) is 5.92 Å². The smallest absolute Gasteiger partial charge is 0.218 e. The first kappa shape index (κ1) is 20.7. The SMILES string of the molecule is CC(C)CCN1CCN(S(=O)(=O)Cc2ccc(Cl)cc2)CC1.Cl. The summed E-state index contributed by atoms with van der Waals surface area (Å²) in [6, 6.07) is 7.02. The molecule has 0 aromatic heterocycles. The average Bonchev–Trinajstić information content (AvgIpc) is 2.48. The fourth-order valence-corrected chi connectivity index (χ4v) is 4.20. The minimum Gasteiger partial charge on any atom is -0.301 e. The molecule has 0 unspecified atom stereocenters. The molecule has 1 aliphatic heterocycles. The topological polar surface area (TPSA) is 40.6 Å². The molecule has 2 rings (SSSR count). The Morgan fingerprint density at radius 1 is 1.09 bits per heavy atom. The van der Waals surface area contributed by atoms with E-state index in [-0.39, 0.29) is 18.2 Å². The van der Waals surface area contributed by atoms with E-state index in [0.29, 0.717) is 24.0 Å². The second-order valence-corrected chi connectivity index (χ2v) is 8.71. The first-order valence-electron chi connectivity index (χ1n) is 7.81. The van der Waals surface area contributed by atoms with E-state index >= 15 is 0 Å². The maximum absolute atomic E-state index is 12.5. The molecule has 1 heterocycles. The average molecular weight is 381 g/mol. The first-order valence-corrected chi connectivity index (χ1v) is 9.80. The minimum atomic E-state index is -3.24. The summed E-state index contributed by atoms with van der Waals surface area (Å²) < 4.78 is 26.6. The lowest BCUT2D eigenvalue weighted by Crippen LogP contribution is -2.49. The standard InChI is InChI=1S/C16H25ClN2O2S.ClH/c1-14(2)7-8-18-9-11-19(12-10-18)22(20,21)13-15-3-5-16(17)6-4-15;/h3-6,14H,7-13H2,1-2H3;1H. The zero-order valence-electron chi connectivity index (χ0n) is 13.7. The number of sulfonamides is 1. The molecule has 4 nitrogen and oxygen atoms in total. The van der Waals surface area contributed by atoms with Gasteiger partial charge in [-0.2, -0.15) is 4.31 Å². The van der Waals surface area contributed by atoms with Crippen LogP contribution in [0.25, 0.3) is 0 Å². The molecule has 132 valence electrons. The van der Waals surface area contributed by atoms with Gasteiger partial charge in [-0.1, -0.05) is 37.6 Å². The van der Waals surface area contributed by atoms with E-state index in [1.165, 1.54) is 0 Å². The molecule has 0 radical (unpaired) electrons. The van der Waals surface area contributed by atoms with Crippen LogP contribution >= 0.6 is 24.0 Å². The number of nitrogens with zero attached hydrogens (tertiary/aromatic N) is 2. The number of benzene rings is 1. The minimum absolute atomic E-state index is 0. The highest BCUT2D eigenvalue weighted by Gasteiger charge is 2.26. The van der Waals surface area contributed by atoms with E-state index in [1.807, 2.05) is 0 Å². The van der Waals surface area contributed by atoms with Gasteiger partial charge in [0.1, 0.15) is 0 Å². The third-order valence-electron chi connectivity index (χ3n) is 4.01. The summed E-state index contributed by atoms with van der Waals surface area (Å²) in [5, 5.41) is 0.625. The van der Waals surface area contributed by atoms with Crippen LogP contribution in [-0.4, -0.2) is 50.3 Å². The fraction of sp³-hybridized carbons (Fsp3) is 0.625. The summed E-state index contributed by atoms with van der Waals surface area (Å²) in [5.74, 6) is 0.738. The molecule has 23 heavy (non-hydrogen) atoms. The van der Waals surface area contributed by atoms with Gasteiger partial charge >= 0.3 is 0 Å². The van der Waals surface area contributed by atoms with Crippen molar-refractivity contribution < 1.29 is 8.42 Å². The predicted molar refractivity (Wildman–Crippen MR) is 98.8 cm³/mol. The molecule has 0 bridgehead atoms. The highest BCUT2D eigenvalue weighted by molar-refractivity contribution is 7.88. The van der Waals surface area contributed by atoms with E-state index in [0.717, 1.165) is 31.6 Å². The molecule has 0 aliphatic carbocycles. The second-order valence-electron chi connectivity index (χ2n) is 6.31. The summed E-state index contributed by atoms with van der Waals surface area (Å²) >= 11 is 5.83. The lowest BCUT2D eigenvalue weighted by atomic mass is 10.1. The van der Waals surface area contributed by atoms with E-state index in [2.05, 4.69) is 18.7 Å². The van der Waals surface area contributed by atoms with Crippen molar-refractivity contribution in [1.82, 2.24) is 9.21 Å². The van der Waals surface area contributed by atoms with Crippen LogP contribution in [0.2, 0.25) is 5.02 Å². The fourth-order valence-electron chi connectivity index (χ4n) is 2.55. The molecule has 1 saturated heterocycles. The van der Waals surface area contributed by atoms with Gasteiger partial charge in [-0.3, -0.25) is 0 Å². The molecule has 7 heteroatoms. The summed E-state index contributed by atoms with van der Waals surface area (Å²) in [5.41, 5.74) is 0.784. The van der Waals surface area contributed by atoms with Crippen molar-refractivity contribution in [3.8, 4) is 0 Å². The molecule has 0 spiro atoms. The largest absolute Gasteiger partial charge is 0.301 e. The van der Waals surface area contributed by atoms with Gasteiger partial charge in [0.15, 0.2) is 0 Å². The summed E-state index contributed by atoms with van der Waals surface area (Å²) in [6.07, 6.45) is 1.16. The van der Waals surface area contributed by atoms with Crippen LogP contribution in [0.3, 0.4) is 0 Å². The lowest BCUT2D eigenvalue weighted by Gasteiger charge is -2.34. The Balaban J connectivity index is 0.00000264. The van der Waals surface area contributed by atoms with Gasteiger partial charge in [-0.15, -0.1) is 12.4 Å². The molecule has 1 aliphatic rings. The van der Waals surface area contributed by atoms with Crippen molar-refractivity contribution in [2.75, 3.05) is 32.7 Å². The Morgan fingerprint density at radius 2 is 1.65 bits per heavy atom. The number of halogens is 2. The van der Waals surface area contributed by atoms with E-state index < -0.39 is 10.0 Å². The Bertz CT molecular complexity index is 568.